The topological polar surface area (TPSA) is 35.5 Å². The Balaban J connectivity index is 1.86. The first-order valence-corrected chi connectivity index (χ1v) is 13.5. The first-order valence-electron chi connectivity index (χ1n) is 10.1. The van der Waals surface area contributed by atoms with Gasteiger partial charge in [0.05, 0.1) is 6.42 Å². The molecular weight excluding hydrogens is 376 g/mol. The molecule has 0 bridgehead atoms. The standard InChI is InChI=1S/C25H24O3Si/c1-29(2,3)28-25(22-16-24(26)27-23-15-9-6-12-19(22)23)20-13-7-4-10-17(20)18-11-5-8-14-21(18)25/h4-15,22H,16H2,1-3H3/t22-/m1/s1. The van der Waals surface area contributed by atoms with Gasteiger partial charge in [0.2, 0.25) is 0 Å². The summed E-state index contributed by atoms with van der Waals surface area (Å²) in [5, 5.41) is 0. The van der Waals surface area contributed by atoms with Gasteiger partial charge in [0.15, 0.2) is 8.32 Å². The highest BCUT2D eigenvalue weighted by molar-refractivity contribution is 6.69. The van der Waals surface area contributed by atoms with Gasteiger partial charge in [-0.15, -0.1) is 0 Å². The van der Waals surface area contributed by atoms with Gasteiger partial charge in [0.1, 0.15) is 11.4 Å². The van der Waals surface area contributed by atoms with E-state index >= 15 is 0 Å². The normalized spacial score (nSPS) is 19.1. The van der Waals surface area contributed by atoms with Crippen molar-refractivity contribution in [2.45, 2.75) is 37.6 Å². The third-order valence-electron chi connectivity index (χ3n) is 5.79. The Kier molecular flexibility index (Phi) is 4.05. The highest BCUT2D eigenvalue weighted by Gasteiger charge is 2.54. The Morgan fingerprint density at radius 2 is 1.41 bits per heavy atom. The molecule has 5 rings (SSSR count). The molecule has 0 unspecified atom stereocenters. The molecular formula is C25H24O3Si. The minimum atomic E-state index is -2.01. The van der Waals surface area contributed by atoms with Crippen LogP contribution >= 0.6 is 0 Å². The van der Waals surface area contributed by atoms with E-state index < -0.39 is 13.9 Å². The zero-order chi connectivity index (χ0) is 20.2. The molecule has 0 amide bonds. The van der Waals surface area contributed by atoms with Crippen LogP contribution in [0.3, 0.4) is 0 Å². The molecule has 0 N–H and O–H groups in total. The molecule has 0 fully saturated rings. The van der Waals surface area contributed by atoms with Crippen molar-refractivity contribution in [3.8, 4) is 16.9 Å². The zero-order valence-corrected chi connectivity index (χ0v) is 17.9. The predicted octanol–water partition coefficient (Wildman–Crippen LogP) is 5.86. The van der Waals surface area contributed by atoms with Gasteiger partial charge in [-0.3, -0.25) is 4.79 Å². The Labute approximate surface area is 172 Å². The average Bonchev–Trinajstić information content (AvgIpc) is 2.97. The van der Waals surface area contributed by atoms with E-state index in [2.05, 4.69) is 74.2 Å². The molecule has 1 aliphatic heterocycles. The van der Waals surface area contributed by atoms with Crippen molar-refractivity contribution < 1.29 is 14.0 Å². The van der Waals surface area contributed by atoms with Gasteiger partial charge in [-0.25, -0.2) is 0 Å². The number of para-hydroxylation sites is 1. The summed E-state index contributed by atoms with van der Waals surface area (Å²) in [6.45, 7) is 6.64. The van der Waals surface area contributed by atoms with Gasteiger partial charge in [-0.1, -0.05) is 66.7 Å². The summed E-state index contributed by atoms with van der Waals surface area (Å²) >= 11 is 0. The van der Waals surface area contributed by atoms with E-state index in [4.69, 9.17) is 9.16 Å². The van der Waals surface area contributed by atoms with Gasteiger partial charge >= 0.3 is 5.97 Å². The molecule has 3 aromatic carbocycles. The lowest BCUT2D eigenvalue weighted by Crippen LogP contribution is -2.46. The molecule has 4 heteroatoms. The van der Waals surface area contributed by atoms with Crippen LogP contribution in [-0.2, 0) is 14.8 Å². The largest absolute Gasteiger partial charge is 0.426 e. The van der Waals surface area contributed by atoms with Crippen LogP contribution in [0.5, 0.6) is 5.75 Å². The van der Waals surface area contributed by atoms with Gasteiger partial charge in [-0.05, 0) is 48.0 Å². The van der Waals surface area contributed by atoms with Gasteiger partial charge in [0.25, 0.3) is 0 Å². The number of hydrogen-bond donors (Lipinski definition) is 0. The maximum Gasteiger partial charge on any atom is 0.311 e. The number of carbonyl (C=O) groups is 1. The number of hydrogen-bond acceptors (Lipinski definition) is 3. The number of fused-ring (bicyclic) bond motifs is 4. The van der Waals surface area contributed by atoms with Crippen molar-refractivity contribution in [3.63, 3.8) is 0 Å². The number of rotatable bonds is 3. The molecule has 0 saturated carbocycles. The van der Waals surface area contributed by atoms with E-state index in [1.165, 1.54) is 11.1 Å². The fraction of sp³-hybridized carbons (Fsp3) is 0.240. The SMILES string of the molecule is C[Si](C)(C)OC1([C@@H]2CC(=O)Oc3ccccc32)c2ccccc2-c2ccccc21. The van der Waals surface area contributed by atoms with Crippen molar-refractivity contribution >= 4 is 14.3 Å². The minimum Gasteiger partial charge on any atom is -0.426 e. The fourth-order valence-corrected chi connectivity index (χ4v) is 6.26. The molecule has 146 valence electrons. The van der Waals surface area contributed by atoms with Crippen LogP contribution < -0.4 is 4.74 Å². The summed E-state index contributed by atoms with van der Waals surface area (Å²) in [5.74, 6) is 0.305. The molecule has 3 nitrogen and oxygen atoms in total. The van der Waals surface area contributed by atoms with Crippen molar-refractivity contribution in [3.05, 3.63) is 89.5 Å². The van der Waals surface area contributed by atoms with Crippen LogP contribution in [0.25, 0.3) is 11.1 Å². The molecule has 3 aromatic rings. The maximum absolute atomic E-state index is 12.7. The average molecular weight is 401 g/mol. The minimum absolute atomic E-state index is 0.142. The Morgan fingerprint density at radius 3 is 2.03 bits per heavy atom. The van der Waals surface area contributed by atoms with Crippen LogP contribution in [0.4, 0.5) is 0 Å². The fourth-order valence-electron chi connectivity index (χ4n) is 4.93. The van der Waals surface area contributed by atoms with Gasteiger partial charge in [-0.2, -0.15) is 0 Å². The third-order valence-corrected chi connectivity index (χ3v) is 6.73. The quantitative estimate of drug-likeness (QED) is 0.314. The third kappa shape index (κ3) is 2.78. The maximum atomic E-state index is 12.7. The first-order chi connectivity index (χ1) is 13.9. The molecule has 0 saturated heterocycles. The van der Waals surface area contributed by atoms with E-state index in [9.17, 15) is 4.79 Å². The molecule has 0 spiro atoms. The summed E-state index contributed by atoms with van der Waals surface area (Å²) in [6.07, 6.45) is 0.296. The summed E-state index contributed by atoms with van der Waals surface area (Å²) in [5.41, 5.74) is 5.02. The number of benzene rings is 3. The highest BCUT2D eigenvalue weighted by atomic mass is 28.4. The Bertz CT molecular complexity index is 1070. The lowest BCUT2D eigenvalue weighted by atomic mass is 9.73. The molecule has 0 radical (unpaired) electrons. The number of esters is 1. The summed E-state index contributed by atoms with van der Waals surface area (Å²) < 4.78 is 12.7. The zero-order valence-electron chi connectivity index (χ0n) is 16.9. The van der Waals surface area contributed by atoms with Crippen LogP contribution in [-0.4, -0.2) is 14.3 Å². The Morgan fingerprint density at radius 1 is 0.862 bits per heavy atom. The van der Waals surface area contributed by atoms with E-state index in [0.29, 0.717) is 12.2 Å². The van der Waals surface area contributed by atoms with Crippen molar-refractivity contribution in [1.82, 2.24) is 0 Å². The molecule has 1 heterocycles. The number of carbonyl (C=O) groups excluding carboxylic acids is 1. The second-order valence-corrected chi connectivity index (χ2v) is 13.2. The van der Waals surface area contributed by atoms with E-state index in [1.54, 1.807) is 0 Å². The predicted molar refractivity (Wildman–Crippen MR) is 117 cm³/mol. The van der Waals surface area contributed by atoms with Crippen molar-refractivity contribution in [2.75, 3.05) is 0 Å². The first kappa shape index (κ1) is 18.3. The van der Waals surface area contributed by atoms with Gasteiger partial charge < -0.3 is 9.16 Å². The monoisotopic (exact) mass is 400 g/mol. The molecule has 1 aliphatic carbocycles. The second-order valence-electron chi connectivity index (χ2n) is 8.81. The Hall–Kier alpha value is -2.69. The smallest absolute Gasteiger partial charge is 0.311 e. The molecule has 0 aromatic heterocycles. The van der Waals surface area contributed by atoms with E-state index in [1.807, 2.05) is 18.2 Å². The summed E-state index contributed by atoms with van der Waals surface area (Å²) in [7, 11) is -2.01. The van der Waals surface area contributed by atoms with Crippen molar-refractivity contribution in [1.29, 1.82) is 0 Å². The van der Waals surface area contributed by atoms with E-state index in [-0.39, 0.29) is 11.9 Å². The van der Waals surface area contributed by atoms with Crippen LogP contribution in [0.15, 0.2) is 72.8 Å². The van der Waals surface area contributed by atoms with Crippen LogP contribution in [0, 0.1) is 0 Å². The highest BCUT2D eigenvalue weighted by Crippen LogP contribution is 2.59. The summed E-state index contributed by atoms with van der Waals surface area (Å²) in [4.78, 5) is 12.7. The molecule has 1 atom stereocenters. The molecule has 29 heavy (non-hydrogen) atoms. The lowest BCUT2D eigenvalue weighted by Gasteiger charge is -2.45. The number of ether oxygens (including phenoxy) is 1. The van der Waals surface area contributed by atoms with E-state index in [0.717, 1.165) is 16.7 Å². The second kappa shape index (κ2) is 6.41. The van der Waals surface area contributed by atoms with Crippen LogP contribution in [0.1, 0.15) is 29.0 Å². The summed E-state index contributed by atoms with van der Waals surface area (Å²) in [6, 6.07) is 24.8. The lowest BCUT2D eigenvalue weighted by molar-refractivity contribution is -0.137. The van der Waals surface area contributed by atoms with Gasteiger partial charge in [0, 0.05) is 11.5 Å². The van der Waals surface area contributed by atoms with Crippen molar-refractivity contribution in [2.24, 2.45) is 0 Å². The molecule has 2 aliphatic rings. The van der Waals surface area contributed by atoms with Crippen LogP contribution in [0.2, 0.25) is 19.6 Å².